The van der Waals surface area contributed by atoms with Crippen molar-refractivity contribution in [2.45, 2.75) is 0 Å². The number of carbonyl (C=O) groups is 1. The van der Waals surface area contributed by atoms with Gasteiger partial charge < -0.3 is 5.32 Å². The van der Waals surface area contributed by atoms with Crippen LogP contribution < -0.4 is 5.32 Å². The monoisotopic (exact) mass is 405 g/mol. The number of rotatable bonds is 4. The van der Waals surface area contributed by atoms with E-state index in [1.165, 1.54) is 24.3 Å². The van der Waals surface area contributed by atoms with Crippen molar-refractivity contribution in [2.24, 2.45) is 0 Å². The highest BCUT2D eigenvalue weighted by Crippen LogP contribution is 2.27. The number of hydrogen-bond donors (Lipinski definition) is 1. The number of anilines is 1. The highest BCUT2D eigenvalue weighted by molar-refractivity contribution is 9.10. The first-order chi connectivity index (χ1) is 11.4. The molecule has 0 bridgehead atoms. The second kappa shape index (κ2) is 7.73. The Balaban J connectivity index is 2.26. The predicted molar refractivity (Wildman–Crippen MR) is 94.5 cm³/mol. The number of hydrogen-bond acceptors (Lipinski definition) is 4. The fourth-order valence-electron chi connectivity index (χ4n) is 1.80. The van der Waals surface area contributed by atoms with Crippen LogP contribution in [0.4, 0.5) is 11.4 Å². The molecule has 0 unspecified atom stereocenters. The van der Waals surface area contributed by atoms with Crippen LogP contribution in [0.15, 0.2) is 52.5 Å². The highest BCUT2D eigenvalue weighted by atomic mass is 79.9. The molecular weight excluding hydrogens is 398 g/mol. The maximum atomic E-state index is 12.2. The summed E-state index contributed by atoms with van der Waals surface area (Å²) < 4.78 is 0.333. The Morgan fingerprint density at radius 2 is 2.04 bits per heavy atom. The molecule has 0 aromatic heterocycles. The van der Waals surface area contributed by atoms with Gasteiger partial charge in [0.1, 0.15) is 11.6 Å². The minimum absolute atomic E-state index is 0.119. The van der Waals surface area contributed by atoms with Crippen molar-refractivity contribution in [1.29, 1.82) is 5.26 Å². The first-order valence-electron chi connectivity index (χ1n) is 6.54. The summed E-state index contributed by atoms with van der Waals surface area (Å²) in [5.74, 6) is -0.646. The van der Waals surface area contributed by atoms with Gasteiger partial charge in [-0.05, 0) is 39.7 Å². The molecule has 0 spiro atoms. The van der Waals surface area contributed by atoms with Gasteiger partial charge in [0.05, 0.1) is 10.6 Å². The molecule has 0 saturated heterocycles. The summed E-state index contributed by atoms with van der Waals surface area (Å²) in [5, 5.41) is 22.8. The zero-order valence-corrected chi connectivity index (χ0v) is 14.3. The van der Waals surface area contributed by atoms with Gasteiger partial charge in [0.2, 0.25) is 0 Å². The molecule has 0 aliphatic heterocycles. The van der Waals surface area contributed by atoms with E-state index in [9.17, 15) is 20.2 Å². The molecular formula is C16H9BrClN3O3. The van der Waals surface area contributed by atoms with Gasteiger partial charge in [0.15, 0.2) is 0 Å². The van der Waals surface area contributed by atoms with Gasteiger partial charge >= 0.3 is 0 Å². The summed E-state index contributed by atoms with van der Waals surface area (Å²) in [5.41, 5.74) is 0.583. The van der Waals surface area contributed by atoms with Gasteiger partial charge in [-0.1, -0.05) is 29.8 Å². The molecule has 0 aliphatic carbocycles. The number of amides is 1. The quantitative estimate of drug-likeness (QED) is 0.348. The molecule has 2 aromatic carbocycles. The Hall–Kier alpha value is -2.69. The maximum Gasteiger partial charge on any atom is 0.270 e. The standard InChI is InChI=1S/C16H9BrClN3O3/c17-13-8-12(21(23)24)5-6-15(13)20-16(22)11(9-19)7-10-3-1-2-4-14(10)18/h1-8H,(H,20,22)/b11-7+. The van der Waals surface area contributed by atoms with Gasteiger partial charge in [-0.3, -0.25) is 14.9 Å². The van der Waals surface area contributed by atoms with Crippen molar-refractivity contribution in [2.75, 3.05) is 5.32 Å². The molecule has 6 nitrogen and oxygen atoms in total. The molecule has 1 amide bonds. The second-order valence-electron chi connectivity index (χ2n) is 4.57. The number of nitriles is 1. The Kier molecular flexibility index (Phi) is 5.68. The van der Waals surface area contributed by atoms with Crippen molar-refractivity contribution in [1.82, 2.24) is 0 Å². The van der Waals surface area contributed by atoms with E-state index < -0.39 is 10.8 Å². The first-order valence-corrected chi connectivity index (χ1v) is 7.71. The Labute approximate surface area is 150 Å². The Bertz CT molecular complexity index is 890. The Morgan fingerprint density at radius 3 is 2.62 bits per heavy atom. The third kappa shape index (κ3) is 4.19. The summed E-state index contributed by atoms with van der Waals surface area (Å²) in [7, 11) is 0. The van der Waals surface area contributed by atoms with Crippen molar-refractivity contribution in [3.63, 3.8) is 0 Å². The van der Waals surface area contributed by atoms with Crippen molar-refractivity contribution < 1.29 is 9.72 Å². The predicted octanol–water partition coefficient (Wildman–Crippen LogP) is 4.56. The van der Waals surface area contributed by atoms with Crippen LogP contribution in [-0.2, 0) is 4.79 Å². The molecule has 2 rings (SSSR count). The van der Waals surface area contributed by atoms with E-state index in [2.05, 4.69) is 21.2 Å². The molecule has 8 heteroatoms. The number of nitrogens with one attached hydrogen (secondary N) is 1. The summed E-state index contributed by atoms with van der Waals surface area (Å²) in [4.78, 5) is 22.4. The fourth-order valence-corrected chi connectivity index (χ4v) is 2.46. The van der Waals surface area contributed by atoms with Crippen LogP contribution >= 0.6 is 27.5 Å². The molecule has 0 radical (unpaired) electrons. The fraction of sp³-hybridized carbons (Fsp3) is 0. The number of non-ortho nitro benzene ring substituents is 1. The van der Waals surface area contributed by atoms with E-state index in [4.69, 9.17) is 11.6 Å². The van der Waals surface area contributed by atoms with Gasteiger partial charge in [-0.25, -0.2) is 0 Å². The number of nitro groups is 1. The number of benzene rings is 2. The smallest absolute Gasteiger partial charge is 0.270 e. The minimum Gasteiger partial charge on any atom is -0.320 e. The van der Waals surface area contributed by atoms with Crippen LogP contribution in [0, 0.1) is 21.4 Å². The van der Waals surface area contributed by atoms with Gasteiger partial charge in [0, 0.05) is 21.6 Å². The second-order valence-corrected chi connectivity index (χ2v) is 5.83. The summed E-state index contributed by atoms with van der Waals surface area (Å²) in [6, 6.07) is 12.5. The number of nitrogens with zero attached hydrogens (tertiary/aromatic N) is 2. The minimum atomic E-state index is -0.646. The first kappa shape index (κ1) is 17.7. The molecule has 0 saturated carbocycles. The molecule has 0 aliphatic rings. The van der Waals surface area contributed by atoms with E-state index in [1.54, 1.807) is 24.3 Å². The molecule has 120 valence electrons. The van der Waals surface area contributed by atoms with Gasteiger partial charge in [-0.15, -0.1) is 0 Å². The van der Waals surface area contributed by atoms with Crippen LogP contribution in [-0.4, -0.2) is 10.8 Å². The molecule has 0 heterocycles. The van der Waals surface area contributed by atoms with E-state index in [-0.39, 0.29) is 11.3 Å². The SMILES string of the molecule is N#C/C(=C\c1ccccc1Cl)C(=O)Nc1ccc([N+](=O)[O-])cc1Br. The largest absolute Gasteiger partial charge is 0.320 e. The van der Waals surface area contributed by atoms with E-state index in [0.29, 0.717) is 20.7 Å². The van der Waals surface area contributed by atoms with E-state index in [0.717, 1.165) is 0 Å². The number of nitro benzene ring substituents is 1. The zero-order chi connectivity index (χ0) is 17.7. The van der Waals surface area contributed by atoms with Gasteiger partial charge in [0.25, 0.3) is 11.6 Å². The normalized spacial score (nSPS) is 10.8. The third-order valence-electron chi connectivity index (χ3n) is 2.98. The third-order valence-corrected chi connectivity index (χ3v) is 3.98. The number of carbonyl (C=O) groups excluding carboxylic acids is 1. The molecule has 1 N–H and O–H groups in total. The lowest BCUT2D eigenvalue weighted by Gasteiger charge is -2.07. The van der Waals surface area contributed by atoms with Crippen LogP contribution in [0.2, 0.25) is 5.02 Å². The molecule has 2 aromatic rings. The molecule has 24 heavy (non-hydrogen) atoms. The van der Waals surface area contributed by atoms with Crippen LogP contribution in [0.25, 0.3) is 6.08 Å². The van der Waals surface area contributed by atoms with Gasteiger partial charge in [-0.2, -0.15) is 5.26 Å². The average molecular weight is 407 g/mol. The zero-order valence-electron chi connectivity index (χ0n) is 12.0. The highest BCUT2D eigenvalue weighted by Gasteiger charge is 2.14. The Morgan fingerprint density at radius 1 is 1.33 bits per heavy atom. The lowest BCUT2D eigenvalue weighted by atomic mass is 10.1. The van der Waals surface area contributed by atoms with Crippen LogP contribution in [0.5, 0.6) is 0 Å². The summed E-state index contributed by atoms with van der Waals surface area (Å²) in [6.07, 6.45) is 1.37. The molecule has 0 fully saturated rings. The van der Waals surface area contributed by atoms with Crippen molar-refractivity contribution in [3.05, 3.63) is 73.2 Å². The topological polar surface area (TPSA) is 96.0 Å². The van der Waals surface area contributed by atoms with E-state index in [1.807, 2.05) is 6.07 Å². The summed E-state index contributed by atoms with van der Waals surface area (Å²) in [6.45, 7) is 0. The van der Waals surface area contributed by atoms with Crippen molar-refractivity contribution in [3.8, 4) is 6.07 Å². The lowest BCUT2D eigenvalue weighted by molar-refractivity contribution is -0.384. The van der Waals surface area contributed by atoms with Crippen LogP contribution in [0.3, 0.4) is 0 Å². The van der Waals surface area contributed by atoms with Crippen LogP contribution in [0.1, 0.15) is 5.56 Å². The summed E-state index contributed by atoms with van der Waals surface area (Å²) >= 11 is 9.16. The maximum absolute atomic E-state index is 12.2. The van der Waals surface area contributed by atoms with Crippen molar-refractivity contribution >= 4 is 50.9 Å². The lowest BCUT2D eigenvalue weighted by Crippen LogP contribution is -2.14. The number of halogens is 2. The average Bonchev–Trinajstić information content (AvgIpc) is 2.55. The molecule has 0 atom stereocenters. The van der Waals surface area contributed by atoms with E-state index >= 15 is 0 Å².